The summed E-state index contributed by atoms with van der Waals surface area (Å²) in [6.07, 6.45) is -4.46. The number of carbonyl (C=O) groups excluding carboxylic acids is 1. The zero-order chi connectivity index (χ0) is 20.5. The zero-order valence-corrected chi connectivity index (χ0v) is 16.9. The number of rotatable bonds is 3. The molecule has 1 aromatic rings. The molecule has 1 N–H and O–H groups in total. The molecule has 1 aromatic carbocycles. The van der Waals surface area contributed by atoms with Crippen LogP contribution in [0.1, 0.15) is 19.4 Å². The SMILES string of the molecule is CC(C)N1CCN[C@@H](C(=O)N2CCN(c3ccc(C(F)(F)F)c(Cl)c3)CC2)C1. The van der Waals surface area contributed by atoms with Crippen molar-refractivity contribution < 1.29 is 18.0 Å². The van der Waals surface area contributed by atoms with Gasteiger partial charge in [0.1, 0.15) is 0 Å². The summed E-state index contributed by atoms with van der Waals surface area (Å²) in [6, 6.07) is 4.00. The number of halogens is 4. The zero-order valence-electron chi connectivity index (χ0n) is 16.1. The monoisotopic (exact) mass is 418 g/mol. The smallest absolute Gasteiger partial charge is 0.368 e. The molecule has 0 radical (unpaired) electrons. The lowest BCUT2D eigenvalue weighted by Crippen LogP contribution is -2.61. The molecule has 0 aliphatic carbocycles. The Bertz CT molecular complexity index is 705. The van der Waals surface area contributed by atoms with Crippen LogP contribution in [0.3, 0.4) is 0 Å². The van der Waals surface area contributed by atoms with Crippen molar-refractivity contribution in [3.63, 3.8) is 0 Å². The molecule has 156 valence electrons. The summed E-state index contributed by atoms with van der Waals surface area (Å²) in [5, 5.41) is 3.00. The number of piperazine rings is 2. The number of anilines is 1. The first-order valence-electron chi connectivity index (χ1n) is 9.54. The predicted octanol–water partition coefficient (Wildman–Crippen LogP) is 2.69. The van der Waals surface area contributed by atoms with Crippen molar-refractivity contribution in [1.29, 1.82) is 0 Å². The molecule has 0 saturated carbocycles. The van der Waals surface area contributed by atoms with Crippen LogP contribution in [-0.4, -0.2) is 73.6 Å². The third-order valence-corrected chi connectivity index (χ3v) is 5.76. The Kier molecular flexibility index (Phi) is 6.41. The molecule has 2 aliphatic rings. The number of benzene rings is 1. The van der Waals surface area contributed by atoms with Crippen LogP contribution < -0.4 is 10.2 Å². The Labute approximate surface area is 168 Å². The summed E-state index contributed by atoms with van der Waals surface area (Å²) in [4.78, 5) is 18.9. The lowest BCUT2D eigenvalue weighted by Gasteiger charge is -2.41. The lowest BCUT2D eigenvalue weighted by molar-refractivity contribution is -0.137. The quantitative estimate of drug-likeness (QED) is 0.819. The molecule has 0 bridgehead atoms. The fourth-order valence-electron chi connectivity index (χ4n) is 3.74. The average molecular weight is 419 g/mol. The van der Waals surface area contributed by atoms with E-state index in [1.165, 1.54) is 12.1 Å². The molecule has 1 amide bonds. The van der Waals surface area contributed by atoms with Gasteiger partial charge >= 0.3 is 6.18 Å². The average Bonchev–Trinajstić information content (AvgIpc) is 2.66. The number of nitrogens with one attached hydrogen (secondary N) is 1. The summed E-state index contributed by atoms with van der Waals surface area (Å²) in [5.41, 5.74) is -0.184. The molecule has 5 nitrogen and oxygen atoms in total. The second kappa shape index (κ2) is 8.47. The molecule has 0 aromatic heterocycles. The highest BCUT2D eigenvalue weighted by Crippen LogP contribution is 2.36. The van der Waals surface area contributed by atoms with Crippen molar-refractivity contribution in [3.8, 4) is 0 Å². The maximum atomic E-state index is 12.9. The third kappa shape index (κ3) is 4.72. The number of hydrogen-bond donors (Lipinski definition) is 1. The van der Waals surface area contributed by atoms with E-state index in [1.54, 1.807) is 0 Å². The number of nitrogens with zero attached hydrogens (tertiary/aromatic N) is 3. The van der Waals surface area contributed by atoms with Crippen LogP contribution in [0.2, 0.25) is 5.02 Å². The molecule has 2 aliphatic heterocycles. The fraction of sp³-hybridized carbons (Fsp3) is 0.632. The van der Waals surface area contributed by atoms with Crippen LogP contribution in [0.25, 0.3) is 0 Å². The van der Waals surface area contributed by atoms with E-state index in [4.69, 9.17) is 11.6 Å². The topological polar surface area (TPSA) is 38.8 Å². The van der Waals surface area contributed by atoms with Crippen molar-refractivity contribution >= 4 is 23.2 Å². The standard InChI is InChI=1S/C19H26ClF3N4O/c1-13(2)27-6-5-24-17(12-27)18(28)26-9-7-25(8-10-26)14-3-4-15(16(20)11-14)19(21,22)23/h3-4,11,13,17,24H,5-10,12H2,1-2H3/t17-/m1/s1. The van der Waals surface area contributed by atoms with Gasteiger partial charge in [0.05, 0.1) is 16.6 Å². The largest absolute Gasteiger partial charge is 0.417 e. The molecule has 2 fully saturated rings. The normalized spacial score (nSPS) is 22.0. The van der Waals surface area contributed by atoms with Crippen LogP contribution in [0.4, 0.5) is 18.9 Å². The van der Waals surface area contributed by atoms with Gasteiger partial charge in [0.25, 0.3) is 0 Å². The number of carbonyl (C=O) groups is 1. The summed E-state index contributed by atoms with van der Waals surface area (Å²) in [5.74, 6) is 0.0930. The van der Waals surface area contributed by atoms with Crippen molar-refractivity contribution in [3.05, 3.63) is 28.8 Å². The van der Waals surface area contributed by atoms with E-state index in [0.29, 0.717) is 44.5 Å². The van der Waals surface area contributed by atoms with E-state index < -0.39 is 11.7 Å². The highest BCUT2D eigenvalue weighted by atomic mass is 35.5. The van der Waals surface area contributed by atoms with Crippen molar-refractivity contribution in [2.24, 2.45) is 0 Å². The second-order valence-corrected chi connectivity index (χ2v) is 7.98. The number of hydrogen-bond acceptors (Lipinski definition) is 4. The van der Waals surface area contributed by atoms with Gasteiger partial charge in [0, 0.05) is 57.5 Å². The molecular formula is C19H26ClF3N4O. The first kappa shape index (κ1) is 21.2. The summed E-state index contributed by atoms with van der Waals surface area (Å²) in [6.45, 7) is 8.88. The minimum absolute atomic E-state index is 0.0930. The van der Waals surface area contributed by atoms with E-state index >= 15 is 0 Å². The van der Waals surface area contributed by atoms with Gasteiger partial charge in [-0.25, -0.2) is 0 Å². The molecule has 0 unspecified atom stereocenters. The van der Waals surface area contributed by atoms with Crippen molar-refractivity contribution in [2.75, 3.05) is 50.7 Å². The molecular weight excluding hydrogens is 393 g/mol. The molecule has 1 atom stereocenters. The number of alkyl halides is 3. The molecule has 2 heterocycles. The van der Waals surface area contributed by atoms with Crippen LogP contribution in [0, 0.1) is 0 Å². The molecule has 0 spiro atoms. The number of amides is 1. The second-order valence-electron chi connectivity index (χ2n) is 7.57. The molecule has 9 heteroatoms. The fourth-order valence-corrected chi connectivity index (χ4v) is 4.03. The predicted molar refractivity (Wildman–Crippen MR) is 104 cm³/mol. The van der Waals surface area contributed by atoms with Gasteiger partial charge in [0.2, 0.25) is 5.91 Å². The maximum Gasteiger partial charge on any atom is 0.417 e. The Morgan fingerprint density at radius 1 is 1.18 bits per heavy atom. The highest BCUT2D eigenvalue weighted by molar-refractivity contribution is 6.31. The van der Waals surface area contributed by atoms with Crippen LogP contribution in [0.15, 0.2) is 18.2 Å². The minimum Gasteiger partial charge on any atom is -0.368 e. The highest BCUT2D eigenvalue weighted by Gasteiger charge is 2.34. The van der Waals surface area contributed by atoms with E-state index in [9.17, 15) is 18.0 Å². The molecule has 28 heavy (non-hydrogen) atoms. The summed E-state index contributed by atoms with van der Waals surface area (Å²) >= 11 is 5.83. The Morgan fingerprint density at radius 2 is 1.86 bits per heavy atom. The maximum absolute atomic E-state index is 12.9. The Morgan fingerprint density at radius 3 is 2.43 bits per heavy atom. The van der Waals surface area contributed by atoms with Gasteiger partial charge in [-0.05, 0) is 32.0 Å². The van der Waals surface area contributed by atoms with Crippen molar-refractivity contribution in [2.45, 2.75) is 32.1 Å². The van der Waals surface area contributed by atoms with E-state index in [-0.39, 0.29) is 17.0 Å². The lowest BCUT2D eigenvalue weighted by atomic mass is 10.1. The molecule has 2 saturated heterocycles. The van der Waals surface area contributed by atoms with E-state index in [0.717, 1.165) is 19.2 Å². The van der Waals surface area contributed by atoms with Crippen LogP contribution >= 0.6 is 11.6 Å². The van der Waals surface area contributed by atoms with Gasteiger partial charge in [-0.15, -0.1) is 0 Å². The van der Waals surface area contributed by atoms with Gasteiger partial charge in [0.15, 0.2) is 0 Å². The Balaban J connectivity index is 1.58. The van der Waals surface area contributed by atoms with Gasteiger partial charge in [-0.1, -0.05) is 11.6 Å². The van der Waals surface area contributed by atoms with Gasteiger partial charge in [-0.2, -0.15) is 13.2 Å². The molecule has 3 rings (SSSR count). The first-order valence-corrected chi connectivity index (χ1v) is 9.92. The van der Waals surface area contributed by atoms with Gasteiger partial charge in [-0.3, -0.25) is 9.69 Å². The van der Waals surface area contributed by atoms with Gasteiger partial charge < -0.3 is 15.1 Å². The van der Waals surface area contributed by atoms with E-state index in [2.05, 4.69) is 24.1 Å². The first-order chi connectivity index (χ1) is 13.2. The van der Waals surface area contributed by atoms with Crippen LogP contribution in [0.5, 0.6) is 0 Å². The summed E-state index contributed by atoms with van der Waals surface area (Å²) < 4.78 is 38.6. The summed E-state index contributed by atoms with van der Waals surface area (Å²) in [7, 11) is 0. The van der Waals surface area contributed by atoms with E-state index in [1.807, 2.05) is 9.80 Å². The van der Waals surface area contributed by atoms with Crippen LogP contribution in [-0.2, 0) is 11.0 Å². The third-order valence-electron chi connectivity index (χ3n) is 5.45. The minimum atomic E-state index is -4.46. The Hall–Kier alpha value is -1.51. The van der Waals surface area contributed by atoms with Crippen molar-refractivity contribution in [1.82, 2.24) is 15.1 Å².